The fraction of sp³-hybridized carbons (Fsp3) is 0.261. The average molecular weight is 433 g/mol. The van der Waals surface area contributed by atoms with E-state index in [4.69, 9.17) is 20.0 Å². The molecule has 1 heterocycles. The highest BCUT2D eigenvalue weighted by atomic mass is 19.4. The van der Waals surface area contributed by atoms with Crippen LogP contribution in [0.25, 0.3) is 11.3 Å². The van der Waals surface area contributed by atoms with E-state index in [0.29, 0.717) is 35.7 Å². The number of benzene rings is 2. The number of halogens is 3. The zero-order valence-electron chi connectivity index (χ0n) is 17.0. The molecule has 8 heteroatoms. The fourth-order valence-electron chi connectivity index (χ4n) is 3.03. The topological polar surface area (TPSA) is 85.7 Å². The van der Waals surface area contributed by atoms with E-state index in [1.807, 2.05) is 25.1 Å². The molecule has 5 nitrogen and oxygen atoms in total. The van der Waals surface area contributed by atoms with E-state index in [-0.39, 0.29) is 0 Å². The Morgan fingerprint density at radius 3 is 2.23 bits per heavy atom. The van der Waals surface area contributed by atoms with Gasteiger partial charge >= 0.3 is 12.1 Å². The van der Waals surface area contributed by atoms with E-state index in [1.165, 1.54) is 19.1 Å². The third-order valence-electron chi connectivity index (χ3n) is 4.88. The maximum atomic E-state index is 12.7. The van der Waals surface area contributed by atoms with E-state index < -0.39 is 23.4 Å². The number of nitrogens with two attached hydrogens (primary N) is 1. The predicted molar refractivity (Wildman–Crippen MR) is 109 cm³/mol. The third kappa shape index (κ3) is 5.46. The van der Waals surface area contributed by atoms with Gasteiger partial charge in [-0.2, -0.15) is 13.2 Å². The number of ether oxygens (including phenoxy) is 1. The molecule has 1 atom stereocenters. The maximum Gasteiger partial charge on any atom is 0.416 e. The van der Waals surface area contributed by atoms with Crippen LogP contribution in [0.4, 0.5) is 13.2 Å². The number of carbonyl (C=O) groups is 1. The molecule has 3 rings (SSSR count). The van der Waals surface area contributed by atoms with Gasteiger partial charge in [-0.25, -0.2) is 4.79 Å². The van der Waals surface area contributed by atoms with Crippen LogP contribution in [0.1, 0.15) is 29.4 Å². The Labute approximate surface area is 177 Å². The first-order valence-corrected chi connectivity index (χ1v) is 9.53. The van der Waals surface area contributed by atoms with Crippen molar-refractivity contribution in [3.63, 3.8) is 0 Å². The zero-order chi connectivity index (χ0) is 22.8. The number of furan rings is 1. The van der Waals surface area contributed by atoms with Crippen molar-refractivity contribution in [1.29, 1.82) is 0 Å². The smallest absolute Gasteiger partial charge is 0.416 e. The summed E-state index contributed by atoms with van der Waals surface area (Å²) < 4.78 is 49.2. The molecule has 0 fully saturated rings. The van der Waals surface area contributed by atoms with Gasteiger partial charge in [-0.3, -0.25) is 5.73 Å². The van der Waals surface area contributed by atoms with Crippen LogP contribution in [0.3, 0.4) is 0 Å². The number of carboxylic acid groups (broad SMARTS) is 1. The number of rotatable bonds is 7. The summed E-state index contributed by atoms with van der Waals surface area (Å²) in [4.78, 5) is 11.0. The molecule has 0 bridgehead atoms. The van der Waals surface area contributed by atoms with Crippen molar-refractivity contribution in [3.05, 3.63) is 77.0 Å². The van der Waals surface area contributed by atoms with Crippen molar-refractivity contribution < 1.29 is 32.2 Å². The second-order valence-electron chi connectivity index (χ2n) is 7.43. The molecule has 3 aromatic rings. The molecule has 0 spiro atoms. The van der Waals surface area contributed by atoms with Gasteiger partial charge in [-0.05, 0) is 61.2 Å². The Bertz CT molecular complexity index is 1050. The molecule has 0 radical (unpaired) electrons. The van der Waals surface area contributed by atoms with E-state index in [0.717, 1.165) is 23.3 Å². The highest BCUT2D eigenvalue weighted by Gasteiger charge is 2.31. The van der Waals surface area contributed by atoms with Gasteiger partial charge in [-0.15, -0.1) is 0 Å². The standard InChI is InChI=1S/C23H22F3NO4/c1-14-17(13-20(30-14)16-7-9-18(10-8-16)23(24,25)26)6-3-15-4-11-19(12-5-15)31-22(2,27)21(28)29/h4-5,7-13H,3,6,27H2,1-2H3,(H,28,29). The zero-order valence-corrected chi connectivity index (χ0v) is 17.0. The molecule has 2 aromatic carbocycles. The lowest BCUT2D eigenvalue weighted by atomic mass is 10.0. The molecular formula is C23H22F3NO4. The Morgan fingerprint density at radius 2 is 1.68 bits per heavy atom. The summed E-state index contributed by atoms with van der Waals surface area (Å²) in [5.74, 6) is 0.298. The van der Waals surface area contributed by atoms with Crippen LogP contribution in [-0.4, -0.2) is 16.8 Å². The molecule has 164 valence electrons. The maximum absolute atomic E-state index is 12.7. The van der Waals surface area contributed by atoms with E-state index >= 15 is 0 Å². The lowest BCUT2D eigenvalue weighted by Gasteiger charge is -2.21. The fourth-order valence-corrected chi connectivity index (χ4v) is 3.03. The van der Waals surface area contributed by atoms with Crippen molar-refractivity contribution in [3.8, 4) is 17.1 Å². The summed E-state index contributed by atoms with van der Waals surface area (Å²) >= 11 is 0. The van der Waals surface area contributed by atoms with Gasteiger partial charge in [0.2, 0.25) is 0 Å². The number of aliphatic carboxylic acids is 1. The Hall–Kier alpha value is -3.26. The number of aryl methyl sites for hydroxylation is 3. The van der Waals surface area contributed by atoms with Gasteiger partial charge < -0.3 is 14.3 Å². The van der Waals surface area contributed by atoms with Crippen LogP contribution in [0.15, 0.2) is 59.0 Å². The predicted octanol–water partition coefficient (Wildman–Crippen LogP) is 5.20. The first-order valence-electron chi connectivity index (χ1n) is 9.53. The van der Waals surface area contributed by atoms with Crippen molar-refractivity contribution in [2.75, 3.05) is 0 Å². The van der Waals surface area contributed by atoms with Crippen molar-refractivity contribution >= 4 is 5.97 Å². The quantitative estimate of drug-likeness (QED) is 0.501. The monoisotopic (exact) mass is 433 g/mol. The van der Waals surface area contributed by atoms with Crippen LogP contribution in [0, 0.1) is 6.92 Å². The van der Waals surface area contributed by atoms with Crippen LogP contribution in [0.2, 0.25) is 0 Å². The molecule has 0 saturated heterocycles. The molecule has 0 amide bonds. The van der Waals surface area contributed by atoms with Crippen LogP contribution in [-0.2, 0) is 23.8 Å². The molecule has 1 aromatic heterocycles. The average Bonchev–Trinajstić information content (AvgIpc) is 3.07. The minimum atomic E-state index is -4.38. The van der Waals surface area contributed by atoms with Crippen molar-refractivity contribution in [1.82, 2.24) is 0 Å². The molecule has 0 aliphatic rings. The number of hydrogen-bond acceptors (Lipinski definition) is 4. The summed E-state index contributed by atoms with van der Waals surface area (Å²) in [5.41, 5.74) is 5.58. The van der Waals surface area contributed by atoms with Gasteiger partial charge in [-0.1, -0.05) is 24.3 Å². The summed E-state index contributed by atoms with van der Waals surface area (Å²) in [7, 11) is 0. The van der Waals surface area contributed by atoms with E-state index in [2.05, 4.69) is 0 Å². The molecule has 31 heavy (non-hydrogen) atoms. The van der Waals surface area contributed by atoms with Gasteiger partial charge in [0.25, 0.3) is 5.72 Å². The summed E-state index contributed by atoms with van der Waals surface area (Å²) in [6.07, 6.45) is -3.02. The van der Waals surface area contributed by atoms with Crippen molar-refractivity contribution in [2.45, 2.75) is 38.6 Å². The van der Waals surface area contributed by atoms with Gasteiger partial charge in [0, 0.05) is 12.5 Å². The second-order valence-corrected chi connectivity index (χ2v) is 7.43. The van der Waals surface area contributed by atoms with Crippen molar-refractivity contribution in [2.24, 2.45) is 5.73 Å². The summed E-state index contributed by atoms with van der Waals surface area (Å²) in [6.45, 7) is 3.08. The minimum absolute atomic E-state index is 0.347. The number of carboxylic acids is 1. The summed E-state index contributed by atoms with van der Waals surface area (Å²) in [5, 5.41) is 9.02. The third-order valence-corrected chi connectivity index (χ3v) is 4.88. The molecule has 1 unspecified atom stereocenters. The van der Waals surface area contributed by atoms with Gasteiger partial charge in [0.15, 0.2) is 0 Å². The normalized spacial score (nSPS) is 13.6. The molecule has 0 aliphatic heterocycles. The minimum Gasteiger partial charge on any atom is -0.477 e. The molecule has 0 aliphatic carbocycles. The van der Waals surface area contributed by atoms with E-state index in [1.54, 1.807) is 12.1 Å². The first kappa shape index (κ1) is 22.4. The molecule has 0 saturated carbocycles. The number of hydrogen-bond donors (Lipinski definition) is 2. The first-order chi connectivity index (χ1) is 14.5. The van der Waals surface area contributed by atoms with E-state index in [9.17, 15) is 18.0 Å². The van der Waals surface area contributed by atoms with Crippen LogP contribution in [0.5, 0.6) is 5.75 Å². The van der Waals surface area contributed by atoms with Crippen LogP contribution >= 0.6 is 0 Å². The highest BCUT2D eigenvalue weighted by molar-refractivity contribution is 5.76. The lowest BCUT2D eigenvalue weighted by Crippen LogP contribution is -2.50. The number of alkyl halides is 3. The van der Waals surface area contributed by atoms with Crippen LogP contribution < -0.4 is 10.5 Å². The molecular weight excluding hydrogens is 411 g/mol. The Balaban J connectivity index is 1.65. The van der Waals surface area contributed by atoms with Gasteiger partial charge in [0.05, 0.1) is 5.56 Å². The Kier molecular flexibility index (Phi) is 6.13. The second kappa shape index (κ2) is 8.47. The Morgan fingerprint density at radius 1 is 1.06 bits per heavy atom. The largest absolute Gasteiger partial charge is 0.477 e. The lowest BCUT2D eigenvalue weighted by molar-refractivity contribution is -0.153. The van der Waals surface area contributed by atoms with Gasteiger partial charge in [0.1, 0.15) is 17.3 Å². The SMILES string of the molecule is Cc1oc(-c2ccc(C(F)(F)F)cc2)cc1CCc1ccc(OC(C)(N)C(=O)O)cc1. The summed E-state index contributed by atoms with van der Waals surface area (Å²) in [6, 6.07) is 13.6. The highest BCUT2D eigenvalue weighted by Crippen LogP contribution is 2.32. The molecule has 3 N–H and O–H groups in total.